The van der Waals surface area contributed by atoms with Crippen LogP contribution < -0.4 is 0 Å². The number of thiophene rings is 3. The van der Waals surface area contributed by atoms with Crippen LogP contribution in [-0.4, -0.2) is 0 Å². The minimum absolute atomic E-state index is 1.19. The Labute approximate surface area is 184 Å². The largest absolute Gasteiger partial charge is 0.143 e. The molecule has 29 heavy (non-hydrogen) atoms. The molecule has 5 rings (SSSR count). The molecule has 0 bridgehead atoms. The van der Waals surface area contributed by atoms with Crippen LogP contribution in [0, 0.1) is 0 Å². The molecule has 3 heteroatoms. The predicted molar refractivity (Wildman–Crippen MR) is 134 cm³/mol. The van der Waals surface area contributed by atoms with Crippen molar-refractivity contribution in [3.8, 4) is 20.2 Å². The highest BCUT2D eigenvalue weighted by molar-refractivity contribution is 7.26. The average Bonchev–Trinajstić information content (AvgIpc) is 3.48. The topological polar surface area (TPSA) is 0 Å². The molecular weight excluding hydrogens is 408 g/mol. The summed E-state index contributed by atoms with van der Waals surface area (Å²) in [5.74, 6) is 0. The molecule has 5 aromatic rings. The van der Waals surface area contributed by atoms with E-state index in [9.17, 15) is 0 Å². The van der Waals surface area contributed by atoms with Crippen molar-refractivity contribution >= 4 is 54.9 Å². The lowest BCUT2D eigenvalue weighted by molar-refractivity contribution is 0.670. The van der Waals surface area contributed by atoms with Gasteiger partial charge < -0.3 is 0 Å². The predicted octanol–water partition coefficient (Wildman–Crippen LogP) is 9.63. The number of aryl methyl sites for hydroxylation is 1. The maximum Gasteiger partial charge on any atom is 0.0527 e. The van der Waals surface area contributed by atoms with Crippen molar-refractivity contribution in [3.63, 3.8) is 0 Å². The summed E-state index contributed by atoms with van der Waals surface area (Å²) in [4.78, 5) is 5.80. The molecule has 3 aromatic heterocycles. The van der Waals surface area contributed by atoms with Crippen LogP contribution in [0.4, 0.5) is 0 Å². The molecule has 0 radical (unpaired) electrons. The SMILES string of the molecule is CCCCCCc1sc2ccccc2c1-c1sc(-c2cccs2)c2ccccc12. The van der Waals surface area contributed by atoms with Gasteiger partial charge in [-0.15, -0.1) is 34.0 Å². The summed E-state index contributed by atoms with van der Waals surface area (Å²) in [5.41, 5.74) is 1.49. The van der Waals surface area contributed by atoms with Crippen molar-refractivity contribution in [1.29, 1.82) is 0 Å². The highest BCUT2D eigenvalue weighted by Gasteiger charge is 2.20. The molecule has 0 fully saturated rings. The van der Waals surface area contributed by atoms with Crippen molar-refractivity contribution in [2.45, 2.75) is 39.0 Å². The molecule has 0 N–H and O–H groups in total. The Hall–Kier alpha value is -1.94. The van der Waals surface area contributed by atoms with Crippen molar-refractivity contribution in [3.05, 3.63) is 70.9 Å². The summed E-state index contributed by atoms with van der Waals surface area (Å²) in [6.07, 6.45) is 6.43. The molecule has 146 valence electrons. The standard InChI is InChI=1S/C26H24S3/c1-2-3-4-5-15-22-24(20-13-8-9-14-21(20)28-22)26-19-12-7-6-11-18(19)25(29-26)23-16-10-17-27-23/h6-14,16-17H,2-5,15H2,1H3. The van der Waals surface area contributed by atoms with Gasteiger partial charge in [0.05, 0.1) is 4.88 Å². The van der Waals surface area contributed by atoms with Crippen molar-refractivity contribution in [2.24, 2.45) is 0 Å². The fourth-order valence-electron chi connectivity index (χ4n) is 4.10. The highest BCUT2D eigenvalue weighted by atomic mass is 32.1. The van der Waals surface area contributed by atoms with Gasteiger partial charge in [0.25, 0.3) is 0 Å². The van der Waals surface area contributed by atoms with Gasteiger partial charge >= 0.3 is 0 Å². The van der Waals surface area contributed by atoms with E-state index in [1.165, 1.54) is 73.2 Å². The normalized spacial score (nSPS) is 11.6. The Morgan fingerprint density at radius 3 is 2.21 bits per heavy atom. The summed E-state index contributed by atoms with van der Waals surface area (Å²) < 4.78 is 1.42. The maximum atomic E-state index is 2.32. The van der Waals surface area contributed by atoms with E-state index in [4.69, 9.17) is 0 Å². The first-order chi connectivity index (χ1) is 14.4. The smallest absolute Gasteiger partial charge is 0.0527 e. The summed E-state index contributed by atoms with van der Waals surface area (Å²) in [7, 11) is 0. The van der Waals surface area contributed by atoms with Crippen molar-refractivity contribution in [2.75, 3.05) is 0 Å². The molecule has 3 heterocycles. The van der Waals surface area contributed by atoms with Crippen molar-refractivity contribution < 1.29 is 0 Å². The molecule has 0 spiro atoms. The van der Waals surface area contributed by atoms with E-state index >= 15 is 0 Å². The van der Waals surface area contributed by atoms with Crippen LogP contribution in [0.2, 0.25) is 0 Å². The molecule has 0 atom stereocenters. The minimum Gasteiger partial charge on any atom is -0.143 e. The third-order valence-electron chi connectivity index (χ3n) is 5.52. The van der Waals surface area contributed by atoms with E-state index in [0.29, 0.717) is 0 Å². The molecular formula is C26H24S3. The van der Waals surface area contributed by atoms with E-state index in [1.807, 2.05) is 34.0 Å². The van der Waals surface area contributed by atoms with Gasteiger partial charge in [-0.2, -0.15) is 0 Å². The van der Waals surface area contributed by atoms with E-state index in [1.54, 1.807) is 4.88 Å². The van der Waals surface area contributed by atoms with Gasteiger partial charge in [0.2, 0.25) is 0 Å². The zero-order chi connectivity index (χ0) is 19.6. The van der Waals surface area contributed by atoms with Gasteiger partial charge in [-0.25, -0.2) is 0 Å². The Bertz CT molecular complexity index is 1240. The minimum atomic E-state index is 1.19. The Morgan fingerprint density at radius 2 is 1.45 bits per heavy atom. The number of hydrogen-bond acceptors (Lipinski definition) is 3. The summed E-state index contributed by atoms with van der Waals surface area (Å²) >= 11 is 5.82. The molecule has 0 nitrogen and oxygen atoms in total. The van der Waals surface area contributed by atoms with Gasteiger partial charge in [0.1, 0.15) is 0 Å². The van der Waals surface area contributed by atoms with E-state index in [0.717, 1.165) is 0 Å². The molecule has 0 aliphatic heterocycles. The Kier molecular flexibility index (Phi) is 5.54. The second-order valence-corrected chi connectivity index (χ2v) is 10.6. The highest BCUT2D eigenvalue weighted by Crippen LogP contribution is 2.50. The molecule has 0 unspecified atom stereocenters. The van der Waals surface area contributed by atoms with Gasteiger partial charge in [0, 0.05) is 41.1 Å². The molecule has 0 aliphatic carbocycles. The third kappa shape index (κ3) is 3.56. The number of rotatable bonds is 7. The van der Waals surface area contributed by atoms with E-state index in [2.05, 4.69) is 73.0 Å². The first-order valence-electron chi connectivity index (χ1n) is 10.4. The number of hydrogen-bond donors (Lipinski definition) is 0. The second kappa shape index (κ2) is 8.43. The lowest BCUT2D eigenvalue weighted by Crippen LogP contribution is -1.85. The fourth-order valence-corrected chi connectivity index (χ4v) is 7.65. The number of unbranched alkanes of at least 4 members (excludes halogenated alkanes) is 3. The van der Waals surface area contributed by atoms with Crippen LogP contribution in [0.5, 0.6) is 0 Å². The zero-order valence-corrected chi connectivity index (χ0v) is 19.1. The summed E-state index contributed by atoms with van der Waals surface area (Å²) in [6.45, 7) is 2.29. The monoisotopic (exact) mass is 432 g/mol. The van der Waals surface area contributed by atoms with Gasteiger partial charge in [-0.3, -0.25) is 0 Å². The van der Waals surface area contributed by atoms with Crippen LogP contribution in [-0.2, 0) is 6.42 Å². The maximum absolute atomic E-state index is 2.32. The Morgan fingerprint density at radius 1 is 0.690 bits per heavy atom. The van der Waals surface area contributed by atoms with Crippen LogP contribution in [0.15, 0.2) is 66.0 Å². The molecule has 0 saturated heterocycles. The first-order valence-corrected chi connectivity index (χ1v) is 12.9. The lowest BCUT2D eigenvalue weighted by atomic mass is 10.0. The van der Waals surface area contributed by atoms with Gasteiger partial charge in [-0.1, -0.05) is 74.7 Å². The summed E-state index contributed by atoms with van der Waals surface area (Å²) in [6, 6.07) is 22.3. The zero-order valence-electron chi connectivity index (χ0n) is 16.6. The number of fused-ring (bicyclic) bond motifs is 2. The van der Waals surface area contributed by atoms with Crippen LogP contribution in [0.25, 0.3) is 41.1 Å². The molecule has 0 aliphatic rings. The third-order valence-corrected chi connectivity index (χ3v) is 9.04. The van der Waals surface area contributed by atoms with Crippen LogP contribution >= 0.6 is 34.0 Å². The second-order valence-electron chi connectivity index (χ2n) is 7.49. The fraction of sp³-hybridized carbons (Fsp3) is 0.231. The number of benzene rings is 2. The first kappa shape index (κ1) is 19.0. The summed E-state index contributed by atoms with van der Waals surface area (Å²) in [5, 5.41) is 6.40. The van der Waals surface area contributed by atoms with E-state index in [-0.39, 0.29) is 0 Å². The van der Waals surface area contributed by atoms with Crippen LogP contribution in [0.3, 0.4) is 0 Å². The molecule has 2 aromatic carbocycles. The quantitative estimate of drug-likeness (QED) is 0.224. The van der Waals surface area contributed by atoms with Crippen LogP contribution in [0.1, 0.15) is 37.5 Å². The van der Waals surface area contributed by atoms with Gasteiger partial charge in [-0.05, 0) is 30.4 Å². The Balaban J connectivity index is 1.70. The van der Waals surface area contributed by atoms with Gasteiger partial charge in [0.15, 0.2) is 0 Å². The average molecular weight is 433 g/mol. The molecule has 0 amide bonds. The van der Waals surface area contributed by atoms with Crippen molar-refractivity contribution in [1.82, 2.24) is 0 Å². The molecule has 0 saturated carbocycles. The lowest BCUT2D eigenvalue weighted by Gasteiger charge is -2.04. The van der Waals surface area contributed by atoms with E-state index < -0.39 is 0 Å².